The zero-order valence-electron chi connectivity index (χ0n) is 18.5. The third-order valence-electron chi connectivity index (χ3n) is 6.48. The van der Waals surface area contributed by atoms with Gasteiger partial charge in [-0.3, -0.25) is 14.5 Å². The zero-order chi connectivity index (χ0) is 21.8. The minimum Gasteiger partial charge on any atom is -0.374 e. The minimum absolute atomic E-state index is 0.0827. The Morgan fingerprint density at radius 1 is 1.00 bits per heavy atom. The molecule has 6 nitrogen and oxygen atoms in total. The van der Waals surface area contributed by atoms with Gasteiger partial charge in [-0.15, -0.1) is 0 Å². The lowest BCUT2D eigenvalue weighted by Gasteiger charge is -2.28. The van der Waals surface area contributed by atoms with Crippen molar-refractivity contribution >= 4 is 23.2 Å². The normalized spacial score (nSPS) is 16.8. The first-order valence-electron chi connectivity index (χ1n) is 11.3. The van der Waals surface area contributed by atoms with Crippen LogP contribution in [0.15, 0.2) is 42.5 Å². The van der Waals surface area contributed by atoms with Gasteiger partial charge < -0.3 is 15.5 Å². The van der Waals surface area contributed by atoms with Crippen molar-refractivity contribution in [3.63, 3.8) is 0 Å². The molecular weight excluding hydrogens is 388 g/mol. The maximum Gasteiger partial charge on any atom is 0.313 e. The Hall–Kier alpha value is -2.86. The van der Waals surface area contributed by atoms with E-state index in [1.54, 1.807) is 0 Å². The van der Waals surface area contributed by atoms with Crippen molar-refractivity contribution in [1.82, 2.24) is 10.2 Å². The smallest absolute Gasteiger partial charge is 0.313 e. The van der Waals surface area contributed by atoms with E-state index < -0.39 is 11.8 Å². The molecule has 0 aromatic heterocycles. The molecule has 2 aromatic carbocycles. The lowest BCUT2D eigenvalue weighted by atomic mass is 10.0. The molecule has 164 valence electrons. The molecule has 1 atom stereocenters. The lowest BCUT2D eigenvalue weighted by Crippen LogP contribution is -2.41. The highest BCUT2D eigenvalue weighted by molar-refractivity contribution is 6.39. The number of anilines is 2. The van der Waals surface area contributed by atoms with E-state index in [0.717, 1.165) is 32.5 Å². The molecule has 6 heteroatoms. The van der Waals surface area contributed by atoms with E-state index in [4.69, 9.17) is 0 Å². The van der Waals surface area contributed by atoms with Crippen LogP contribution in [0.5, 0.6) is 0 Å². The standard InChI is InChI=1S/C25H32N4O2/c1-3-18-6-9-21(10-7-18)27-25(31)24(30)26-17-23(29-13-4-5-14-29)19-8-11-22-20(16-19)12-15-28(22)2/h6-11,16,23H,3-5,12-15,17H2,1-2H3,(H,26,30)(H,27,31)/t23-/m0/s1. The largest absolute Gasteiger partial charge is 0.374 e. The van der Waals surface area contributed by atoms with Crippen LogP contribution in [0.2, 0.25) is 0 Å². The van der Waals surface area contributed by atoms with Gasteiger partial charge in [0.25, 0.3) is 0 Å². The molecule has 2 aliphatic rings. The van der Waals surface area contributed by atoms with E-state index in [1.807, 2.05) is 24.3 Å². The van der Waals surface area contributed by atoms with E-state index in [9.17, 15) is 9.59 Å². The highest BCUT2D eigenvalue weighted by Gasteiger charge is 2.27. The molecule has 2 heterocycles. The van der Waals surface area contributed by atoms with E-state index in [-0.39, 0.29) is 6.04 Å². The van der Waals surface area contributed by atoms with Gasteiger partial charge in [-0.1, -0.05) is 31.2 Å². The van der Waals surface area contributed by atoms with Crippen molar-refractivity contribution in [3.8, 4) is 0 Å². The van der Waals surface area contributed by atoms with Gasteiger partial charge in [0.15, 0.2) is 0 Å². The highest BCUT2D eigenvalue weighted by Crippen LogP contribution is 2.32. The number of fused-ring (bicyclic) bond motifs is 1. The molecule has 31 heavy (non-hydrogen) atoms. The van der Waals surface area contributed by atoms with Crippen LogP contribution in [0.4, 0.5) is 11.4 Å². The number of nitrogens with zero attached hydrogens (tertiary/aromatic N) is 2. The summed E-state index contributed by atoms with van der Waals surface area (Å²) >= 11 is 0. The first-order valence-corrected chi connectivity index (χ1v) is 11.3. The molecule has 1 saturated heterocycles. The predicted molar refractivity (Wildman–Crippen MR) is 124 cm³/mol. The monoisotopic (exact) mass is 420 g/mol. The fourth-order valence-electron chi connectivity index (χ4n) is 4.59. The van der Waals surface area contributed by atoms with Gasteiger partial charge in [-0.2, -0.15) is 0 Å². The number of hydrogen-bond acceptors (Lipinski definition) is 4. The SMILES string of the molecule is CCc1ccc(NC(=O)C(=O)NC[C@@H](c2ccc3c(c2)CCN3C)N2CCCC2)cc1. The van der Waals surface area contributed by atoms with Crippen LogP contribution in [0, 0.1) is 0 Å². The van der Waals surface area contributed by atoms with Gasteiger partial charge in [0.1, 0.15) is 0 Å². The van der Waals surface area contributed by atoms with Gasteiger partial charge in [-0.05, 0) is 73.7 Å². The van der Waals surface area contributed by atoms with Crippen LogP contribution in [0.1, 0.15) is 42.5 Å². The van der Waals surface area contributed by atoms with E-state index in [0.29, 0.717) is 12.2 Å². The number of hydrogen-bond donors (Lipinski definition) is 2. The molecule has 0 spiro atoms. The summed E-state index contributed by atoms with van der Waals surface area (Å²) in [6, 6.07) is 14.3. The maximum atomic E-state index is 12.5. The Morgan fingerprint density at radius 3 is 2.45 bits per heavy atom. The van der Waals surface area contributed by atoms with E-state index in [1.165, 1.54) is 35.2 Å². The van der Waals surface area contributed by atoms with Gasteiger partial charge in [-0.25, -0.2) is 0 Å². The second-order valence-corrected chi connectivity index (χ2v) is 8.53. The Bertz CT molecular complexity index is 935. The summed E-state index contributed by atoms with van der Waals surface area (Å²) in [4.78, 5) is 29.6. The maximum absolute atomic E-state index is 12.5. The first kappa shape index (κ1) is 21.4. The lowest BCUT2D eigenvalue weighted by molar-refractivity contribution is -0.136. The predicted octanol–water partition coefficient (Wildman–Crippen LogP) is 3.13. The Balaban J connectivity index is 1.41. The molecule has 0 unspecified atom stereocenters. The molecule has 1 fully saturated rings. The highest BCUT2D eigenvalue weighted by atomic mass is 16.2. The van der Waals surface area contributed by atoms with Crippen LogP contribution < -0.4 is 15.5 Å². The van der Waals surface area contributed by atoms with Crippen molar-refractivity contribution in [2.75, 3.05) is 43.4 Å². The summed E-state index contributed by atoms with van der Waals surface area (Å²) < 4.78 is 0. The summed E-state index contributed by atoms with van der Waals surface area (Å²) in [7, 11) is 2.12. The van der Waals surface area contributed by atoms with Crippen molar-refractivity contribution in [3.05, 3.63) is 59.2 Å². The molecule has 2 N–H and O–H groups in total. The number of likely N-dealkylation sites (N-methyl/N-ethyl adjacent to an activating group) is 1. The van der Waals surface area contributed by atoms with Gasteiger partial charge in [0, 0.05) is 31.5 Å². The number of rotatable bonds is 6. The number of carbonyl (C=O) groups is 2. The van der Waals surface area contributed by atoms with Crippen LogP contribution in [-0.2, 0) is 22.4 Å². The average molecular weight is 421 g/mol. The Morgan fingerprint density at radius 2 is 1.74 bits per heavy atom. The number of benzene rings is 2. The summed E-state index contributed by atoms with van der Waals surface area (Å²) in [6.45, 7) is 5.59. The van der Waals surface area contributed by atoms with Crippen LogP contribution in [0.3, 0.4) is 0 Å². The zero-order valence-corrected chi connectivity index (χ0v) is 18.5. The molecule has 4 rings (SSSR count). The molecule has 0 radical (unpaired) electrons. The Kier molecular flexibility index (Phi) is 6.56. The second kappa shape index (κ2) is 9.52. The number of amides is 2. The third kappa shape index (κ3) is 4.90. The van der Waals surface area contributed by atoms with Crippen molar-refractivity contribution in [1.29, 1.82) is 0 Å². The number of likely N-dealkylation sites (tertiary alicyclic amines) is 1. The molecule has 0 saturated carbocycles. The van der Waals surface area contributed by atoms with Gasteiger partial charge in [0.05, 0.1) is 6.04 Å². The van der Waals surface area contributed by atoms with Gasteiger partial charge >= 0.3 is 11.8 Å². The fraction of sp³-hybridized carbons (Fsp3) is 0.440. The number of nitrogens with one attached hydrogen (secondary N) is 2. The topological polar surface area (TPSA) is 64.7 Å². The minimum atomic E-state index is -0.625. The molecular formula is C25H32N4O2. The van der Waals surface area contributed by atoms with Crippen LogP contribution in [-0.4, -0.2) is 49.9 Å². The molecule has 0 bridgehead atoms. The third-order valence-corrected chi connectivity index (χ3v) is 6.48. The average Bonchev–Trinajstić information content (AvgIpc) is 3.44. The summed E-state index contributed by atoms with van der Waals surface area (Å²) in [5.41, 5.74) is 5.70. The van der Waals surface area contributed by atoms with Crippen LogP contribution in [0.25, 0.3) is 0 Å². The fourth-order valence-corrected chi connectivity index (χ4v) is 4.59. The summed E-state index contributed by atoms with van der Waals surface area (Å²) in [5.74, 6) is -1.22. The van der Waals surface area contributed by atoms with Gasteiger partial charge in [0.2, 0.25) is 0 Å². The number of carbonyl (C=O) groups excluding carboxylic acids is 2. The molecule has 2 aromatic rings. The van der Waals surface area contributed by atoms with E-state index >= 15 is 0 Å². The second-order valence-electron chi connectivity index (χ2n) is 8.53. The first-order chi connectivity index (χ1) is 15.0. The summed E-state index contributed by atoms with van der Waals surface area (Å²) in [5, 5.41) is 5.57. The van der Waals surface area contributed by atoms with Crippen molar-refractivity contribution in [2.45, 2.75) is 38.6 Å². The van der Waals surface area contributed by atoms with Crippen LogP contribution >= 0.6 is 0 Å². The molecule has 0 aliphatic carbocycles. The summed E-state index contributed by atoms with van der Waals surface area (Å²) in [6.07, 6.45) is 4.34. The number of aryl methyl sites for hydroxylation is 1. The Labute approximate surface area is 184 Å². The molecule has 2 amide bonds. The van der Waals surface area contributed by atoms with Crippen molar-refractivity contribution in [2.24, 2.45) is 0 Å². The van der Waals surface area contributed by atoms with E-state index in [2.05, 4.69) is 52.6 Å². The molecule has 2 aliphatic heterocycles. The quantitative estimate of drug-likeness (QED) is 0.705. The van der Waals surface area contributed by atoms with Crippen molar-refractivity contribution < 1.29 is 9.59 Å².